The number of aryl methyl sites for hydroxylation is 3. The van der Waals surface area contributed by atoms with Crippen molar-refractivity contribution < 1.29 is 9.94 Å². The van der Waals surface area contributed by atoms with Crippen LogP contribution in [0.15, 0.2) is 17.3 Å². The molecule has 0 saturated carbocycles. The number of hydrogen-bond donors (Lipinski definition) is 1. The Hall–Kier alpha value is -1.35. The number of nitrogens with zero attached hydrogens (tertiary/aromatic N) is 1. The SMILES string of the molecule is Cc1cc(C)c(C2=NOCC2C(C)O)c(C)c1. The van der Waals surface area contributed by atoms with Gasteiger partial charge in [0.05, 0.1) is 17.7 Å². The van der Waals surface area contributed by atoms with Gasteiger partial charge < -0.3 is 9.94 Å². The molecule has 2 rings (SSSR count). The van der Waals surface area contributed by atoms with E-state index in [0.29, 0.717) is 6.61 Å². The van der Waals surface area contributed by atoms with Crippen LogP contribution in [0.25, 0.3) is 0 Å². The molecule has 2 unspecified atom stereocenters. The van der Waals surface area contributed by atoms with E-state index in [4.69, 9.17) is 4.84 Å². The molecule has 0 radical (unpaired) electrons. The molecule has 17 heavy (non-hydrogen) atoms. The third kappa shape index (κ3) is 2.20. The first kappa shape index (κ1) is 12.1. The van der Waals surface area contributed by atoms with Gasteiger partial charge in [-0.2, -0.15) is 0 Å². The monoisotopic (exact) mass is 233 g/mol. The summed E-state index contributed by atoms with van der Waals surface area (Å²) < 4.78 is 0. The van der Waals surface area contributed by atoms with E-state index in [2.05, 4.69) is 38.1 Å². The summed E-state index contributed by atoms with van der Waals surface area (Å²) in [5.74, 6) is -0.0184. The van der Waals surface area contributed by atoms with Crippen molar-refractivity contribution in [2.24, 2.45) is 11.1 Å². The van der Waals surface area contributed by atoms with Crippen LogP contribution in [-0.4, -0.2) is 23.5 Å². The van der Waals surface area contributed by atoms with Crippen molar-refractivity contribution in [1.82, 2.24) is 0 Å². The third-order valence-electron chi connectivity index (χ3n) is 3.28. The second-order valence-electron chi connectivity index (χ2n) is 4.89. The van der Waals surface area contributed by atoms with Gasteiger partial charge in [0.2, 0.25) is 0 Å². The Labute approximate surface area is 102 Å². The van der Waals surface area contributed by atoms with Crippen molar-refractivity contribution in [2.75, 3.05) is 6.61 Å². The summed E-state index contributed by atoms with van der Waals surface area (Å²) >= 11 is 0. The van der Waals surface area contributed by atoms with Crippen LogP contribution in [0.5, 0.6) is 0 Å². The fourth-order valence-electron chi connectivity index (χ4n) is 2.52. The highest BCUT2D eigenvalue weighted by atomic mass is 16.6. The highest BCUT2D eigenvalue weighted by Crippen LogP contribution is 2.26. The van der Waals surface area contributed by atoms with Crippen LogP contribution in [0.3, 0.4) is 0 Å². The van der Waals surface area contributed by atoms with Crippen LogP contribution in [0.2, 0.25) is 0 Å². The lowest BCUT2D eigenvalue weighted by Gasteiger charge is -2.17. The molecule has 1 aromatic carbocycles. The average molecular weight is 233 g/mol. The Kier molecular flexibility index (Phi) is 3.20. The first-order valence-electron chi connectivity index (χ1n) is 5.97. The van der Waals surface area contributed by atoms with Gasteiger partial charge in [-0.05, 0) is 38.8 Å². The van der Waals surface area contributed by atoms with Crippen LogP contribution >= 0.6 is 0 Å². The molecule has 0 saturated heterocycles. The smallest absolute Gasteiger partial charge is 0.128 e. The van der Waals surface area contributed by atoms with Crippen molar-refractivity contribution in [3.05, 3.63) is 34.4 Å². The highest BCUT2D eigenvalue weighted by Gasteiger charge is 2.30. The molecule has 1 aliphatic rings. The molecular formula is C14H19NO2. The molecule has 0 aliphatic carbocycles. The van der Waals surface area contributed by atoms with Crippen molar-refractivity contribution >= 4 is 5.71 Å². The van der Waals surface area contributed by atoms with E-state index in [1.807, 2.05) is 0 Å². The summed E-state index contributed by atoms with van der Waals surface area (Å²) in [5, 5.41) is 13.9. The summed E-state index contributed by atoms with van der Waals surface area (Å²) in [4.78, 5) is 5.15. The van der Waals surface area contributed by atoms with Crippen molar-refractivity contribution in [3.8, 4) is 0 Å². The first-order valence-corrected chi connectivity index (χ1v) is 5.97. The van der Waals surface area contributed by atoms with Crippen LogP contribution < -0.4 is 0 Å². The molecule has 2 atom stereocenters. The molecule has 3 nitrogen and oxygen atoms in total. The third-order valence-corrected chi connectivity index (χ3v) is 3.28. The van der Waals surface area contributed by atoms with Gasteiger partial charge in [-0.1, -0.05) is 22.9 Å². The van der Waals surface area contributed by atoms with Gasteiger partial charge >= 0.3 is 0 Å². The molecule has 1 heterocycles. The summed E-state index contributed by atoms with van der Waals surface area (Å²) in [5.41, 5.74) is 5.64. The van der Waals surface area contributed by atoms with Crippen LogP contribution in [0, 0.1) is 26.7 Å². The number of benzene rings is 1. The first-order chi connectivity index (χ1) is 8.00. The fraction of sp³-hybridized carbons (Fsp3) is 0.500. The maximum atomic E-state index is 9.76. The number of rotatable bonds is 2. The maximum Gasteiger partial charge on any atom is 0.128 e. The van der Waals surface area contributed by atoms with E-state index in [-0.39, 0.29) is 5.92 Å². The summed E-state index contributed by atoms with van der Waals surface area (Å²) in [6, 6.07) is 4.28. The van der Waals surface area contributed by atoms with Gasteiger partial charge in [-0.15, -0.1) is 0 Å². The van der Waals surface area contributed by atoms with E-state index < -0.39 is 6.10 Å². The predicted molar refractivity (Wildman–Crippen MR) is 68.3 cm³/mol. The second-order valence-corrected chi connectivity index (χ2v) is 4.89. The zero-order valence-corrected chi connectivity index (χ0v) is 10.8. The molecule has 0 bridgehead atoms. The molecule has 92 valence electrons. The lowest BCUT2D eigenvalue weighted by molar-refractivity contribution is 0.0940. The standard InChI is InChI=1S/C14H19NO2/c1-8-5-9(2)13(10(3)6-8)14-12(11(4)16)7-17-15-14/h5-6,11-12,16H,7H2,1-4H3. The van der Waals surface area contributed by atoms with Crippen LogP contribution in [0.1, 0.15) is 29.2 Å². The second kappa shape index (κ2) is 4.49. The zero-order valence-electron chi connectivity index (χ0n) is 10.8. The fourth-order valence-corrected chi connectivity index (χ4v) is 2.52. The Balaban J connectivity index is 2.47. The van der Waals surface area contributed by atoms with Gasteiger partial charge in [0.25, 0.3) is 0 Å². The van der Waals surface area contributed by atoms with E-state index in [1.165, 1.54) is 16.7 Å². The van der Waals surface area contributed by atoms with E-state index in [9.17, 15) is 5.11 Å². The van der Waals surface area contributed by atoms with Crippen molar-refractivity contribution in [3.63, 3.8) is 0 Å². The molecule has 0 spiro atoms. The summed E-state index contributed by atoms with van der Waals surface area (Å²) in [7, 11) is 0. The van der Waals surface area contributed by atoms with Crippen LogP contribution in [0.4, 0.5) is 0 Å². The zero-order chi connectivity index (χ0) is 12.6. The number of aliphatic hydroxyl groups excluding tert-OH is 1. The lowest BCUT2D eigenvalue weighted by Crippen LogP contribution is -2.27. The van der Waals surface area contributed by atoms with Gasteiger partial charge in [0, 0.05) is 5.56 Å². The minimum Gasteiger partial charge on any atom is -0.395 e. The maximum absolute atomic E-state index is 9.76. The average Bonchev–Trinajstić information content (AvgIpc) is 2.64. The largest absolute Gasteiger partial charge is 0.395 e. The molecule has 0 amide bonds. The molecule has 1 aliphatic heterocycles. The Bertz CT molecular complexity index is 440. The molecule has 3 heteroatoms. The number of oxime groups is 1. The Morgan fingerprint density at radius 3 is 2.41 bits per heavy atom. The predicted octanol–water partition coefficient (Wildman–Crippen LogP) is 2.34. The van der Waals surface area contributed by atoms with E-state index in [0.717, 1.165) is 11.3 Å². The quantitative estimate of drug-likeness (QED) is 0.852. The highest BCUT2D eigenvalue weighted by molar-refractivity contribution is 6.05. The van der Waals surface area contributed by atoms with E-state index >= 15 is 0 Å². The Morgan fingerprint density at radius 1 is 1.29 bits per heavy atom. The van der Waals surface area contributed by atoms with Crippen molar-refractivity contribution in [2.45, 2.75) is 33.8 Å². The molecular weight excluding hydrogens is 214 g/mol. The lowest BCUT2D eigenvalue weighted by atomic mass is 9.88. The van der Waals surface area contributed by atoms with Gasteiger partial charge in [0.1, 0.15) is 6.61 Å². The van der Waals surface area contributed by atoms with Gasteiger partial charge in [-0.25, -0.2) is 0 Å². The minimum atomic E-state index is -0.434. The van der Waals surface area contributed by atoms with Gasteiger partial charge in [0.15, 0.2) is 0 Å². The number of hydrogen-bond acceptors (Lipinski definition) is 3. The summed E-state index contributed by atoms with van der Waals surface area (Å²) in [6.45, 7) is 8.50. The number of aliphatic hydroxyl groups is 1. The van der Waals surface area contributed by atoms with E-state index in [1.54, 1.807) is 6.92 Å². The Morgan fingerprint density at radius 2 is 1.88 bits per heavy atom. The topological polar surface area (TPSA) is 41.8 Å². The van der Waals surface area contributed by atoms with Gasteiger partial charge in [-0.3, -0.25) is 0 Å². The minimum absolute atomic E-state index is 0.0184. The molecule has 1 aromatic rings. The summed E-state index contributed by atoms with van der Waals surface area (Å²) in [6.07, 6.45) is -0.434. The molecule has 1 N–H and O–H groups in total. The van der Waals surface area contributed by atoms with Crippen molar-refractivity contribution in [1.29, 1.82) is 0 Å². The normalized spacial score (nSPS) is 21.0. The van der Waals surface area contributed by atoms with Crippen LogP contribution in [-0.2, 0) is 4.84 Å². The molecule has 0 fully saturated rings. The molecule has 0 aromatic heterocycles.